The summed E-state index contributed by atoms with van der Waals surface area (Å²) in [7, 11) is 1.39. The van der Waals surface area contributed by atoms with Gasteiger partial charge in [-0.25, -0.2) is 4.79 Å². The average Bonchev–Trinajstić information content (AvgIpc) is 2.90. The Morgan fingerprint density at radius 2 is 1.96 bits per heavy atom. The molecule has 0 radical (unpaired) electrons. The molecule has 4 aliphatic carbocycles. The van der Waals surface area contributed by atoms with E-state index in [1.54, 1.807) is 0 Å². The molecule has 0 aromatic heterocycles. The van der Waals surface area contributed by atoms with Gasteiger partial charge in [0, 0.05) is 5.41 Å². The van der Waals surface area contributed by atoms with Crippen LogP contribution in [0.4, 0.5) is 4.79 Å². The quantitative estimate of drug-likeness (QED) is 0.583. The van der Waals surface area contributed by atoms with Crippen molar-refractivity contribution in [3.63, 3.8) is 0 Å². The van der Waals surface area contributed by atoms with Gasteiger partial charge in [-0.1, -0.05) is 19.1 Å². The Balaban J connectivity index is 1.53. The summed E-state index contributed by atoms with van der Waals surface area (Å²) in [6.45, 7) is 2.33. The zero-order chi connectivity index (χ0) is 16.9. The molecule has 0 heterocycles. The van der Waals surface area contributed by atoms with Crippen LogP contribution < -0.4 is 0 Å². The van der Waals surface area contributed by atoms with Crippen LogP contribution in [-0.2, 0) is 9.47 Å². The zero-order valence-corrected chi connectivity index (χ0v) is 14.8. The number of ether oxygens (including phenoxy) is 2. The van der Waals surface area contributed by atoms with Crippen molar-refractivity contribution in [3.05, 3.63) is 12.2 Å². The first-order chi connectivity index (χ1) is 11.5. The van der Waals surface area contributed by atoms with E-state index < -0.39 is 6.16 Å². The molecule has 0 bridgehead atoms. The van der Waals surface area contributed by atoms with Crippen LogP contribution in [0.3, 0.4) is 0 Å². The van der Waals surface area contributed by atoms with Gasteiger partial charge in [0.25, 0.3) is 0 Å². The van der Waals surface area contributed by atoms with Crippen LogP contribution in [0.15, 0.2) is 12.2 Å². The number of aliphatic hydroxyl groups excluding tert-OH is 1. The highest BCUT2D eigenvalue weighted by Gasteiger charge is 2.57. The minimum atomic E-state index is -0.531. The summed E-state index contributed by atoms with van der Waals surface area (Å²) >= 11 is 0. The molecule has 8 atom stereocenters. The highest BCUT2D eigenvalue weighted by Crippen LogP contribution is 2.62. The molecule has 4 rings (SSSR count). The van der Waals surface area contributed by atoms with E-state index in [-0.39, 0.29) is 17.6 Å². The van der Waals surface area contributed by atoms with Crippen LogP contribution in [-0.4, -0.2) is 30.6 Å². The first-order valence-electron chi connectivity index (χ1n) is 9.64. The number of carbonyl (C=O) groups is 1. The summed E-state index contributed by atoms with van der Waals surface area (Å²) in [6.07, 6.45) is 11.5. The van der Waals surface area contributed by atoms with Gasteiger partial charge >= 0.3 is 6.16 Å². The predicted octanol–water partition coefficient (Wildman–Crippen LogP) is 3.93. The molecule has 0 amide bonds. The largest absolute Gasteiger partial charge is 0.508 e. The molecule has 3 fully saturated rings. The normalized spacial score (nSPS) is 49.7. The molecule has 0 unspecified atom stereocenters. The van der Waals surface area contributed by atoms with Crippen LogP contribution >= 0.6 is 0 Å². The number of rotatable bonds is 1. The molecular formula is C20H30O4. The second kappa shape index (κ2) is 6.05. The highest BCUT2D eigenvalue weighted by atomic mass is 16.7. The second-order valence-corrected chi connectivity index (χ2v) is 8.72. The molecule has 4 heteroatoms. The van der Waals surface area contributed by atoms with Crippen molar-refractivity contribution in [2.24, 2.45) is 35.0 Å². The van der Waals surface area contributed by atoms with Crippen molar-refractivity contribution < 1.29 is 19.4 Å². The van der Waals surface area contributed by atoms with Gasteiger partial charge in [0.2, 0.25) is 0 Å². The minimum Gasteiger partial charge on any atom is -0.438 e. The molecule has 1 N–H and O–H groups in total. The molecule has 0 spiro atoms. The standard InChI is InChI=1S/C20H30O4/c1-20-10-9-15-14-6-4-13(21)11-12(14)3-5-16(15)17(20)7-8-18(20)24-19(22)23-2/h4,6,12-18,21H,3,5,7-11H2,1-2H3/t12-,13-,14-,15+,16+,17-,18-,20-/m0/s1. The zero-order valence-electron chi connectivity index (χ0n) is 14.8. The Morgan fingerprint density at radius 3 is 2.75 bits per heavy atom. The van der Waals surface area contributed by atoms with Gasteiger partial charge < -0.3 is 14.6 Å². The highest BCUT2D eigenvalue weighted by molar-refractivity contribution is 5.60. The third-order valence-electron chi connectivity index (χ3n) is 7.82. The first kappa shape index (κ1) is 16.4. The van der Waals surface area contributed by atoms with E-state index in [0.717, 1.165) is 31.1 Å². The Hall–Kier alpha value is -1.03. The van der Waals surface area contributed by atoms with Crippen LogP contribution in [0.5, 0.6) is 0 Å². The van der Waals surface area contributed by atoms with E-state index in [9.17, 15) is 9.90 Å². The van der Waals surface area contributed by atoms with E-state index in [0.29, 0.717) is 17.8 Å². The number of allylic oxidation sites excluding steroid dienone is 1. The summed E-state index contributed by atoms with van der Waals surface area (Å²) in [5.74, 6) is 3.47. The van der Waals surface area contributed by atoms with Gasteiger partial charge in [-0.05, 0) is 74.5 Å². The van der Waals surface area contributed by atoms with E-state index >= 15 is 0 Å². The lowest BCUT2D eigenvalue weighted by Crippen LogP contribution is -2.49. The topological polar surface area (TPSA) is 55.8 Å². The lowest BCUT2D eigenvalue weighted by atomic mass is 9.51. The Kier molecular flexibility index (Phi) is 4.14. The number of aliphatic hydroxyl groups is 1. The van der Waals surface area contributed by atoms with Gasteiger partial charge in [-0.2, -0.15) is 0 Å². The Labute approximate surface area is 144 Å². The van der Waals surface area contributed by atoms with Crippen molar-refractivity contribution in [2.75, 3.05) is 7.11 Å². The number of methoxy groups -OCH3 is 1. The average molecular weight is 334 g/mol. The lowest BCUT2D eigenvalue weighted by molar-refractivity contribution is -0.0820. The van der Waals surface area contributed by atoms with Crippen molar-refractivity contribution in [1.82, 2.24) is 0 Å². The molecular weight excluding hydrogens is 304 g/mol. The molecule has 3 saturated carbocycles. The van der Waals surface area contributed by atoms with E-state index in [2.05, 4.69) is 13.0 Å². The van der Waals surface area contributed by atoms with E-state index in [1.165, 1.54) is 32.8 Å². The number of hydrogen-bond donors (Lipinski definition) is 1. The van der Waals surface area contributed by atoms with Crippen LogP contribution in [0.25, 0.3) is 0 Å². The molecule has 134 valence electrons. The molecule has 4 aliphatic rings. The molecule has 24 heavy (non-hydrogen) atoms. The Morgan fingerprint density at radius 1 is 1.12 bits per heavy atom. The number of hydrogen-bond acceptors (Lipinski definition) is 4. The molecule has 0 saturated heterocycles. The van der Waals surface area contributed by atoms with Gasteiger partial charge in [-0.3, -0.25) is 0 Å². The smallest absolute Gasteiger partial charge is 0.438 e. The van der Waals surface area contributed by atoms with Gasteiger partial charge in [0.05, 0.1) is 13.2 Å². The molecule has 4 nitrogen and oxygen atoms in total. The maximum absolute atomic E-state index is 11.6. The van der Waals surface area contributed by atoms with Gasteiger partial charge in [0.15, 0.2) is 0 Å². The fourth-order valence-corrected chi connectivity index (χ4v) is 6.69. The molecule has 0 aromatic carbocycles. The van der Waals surface area contributed by atoms with Crippen molar-refractivity contribution >= 4 is 6.16 Å². The van der Waals surface area contributed by atoms with Crippen LogP contribution in [0.1, 0.15) is 51.9 Å². The summed E-state index contributed by atoms with van der Waals surface area (Å²) in [4.78, 5) is 11.6. The fourth-order valence-electron chi connectivity index (χ4n) is 6.69. The molecule has 0 aliphatic heterocycles. The summed E-state index contributed by atoms with van der Waals surface area (Å²) < 4.78 is 10.4. The summed E-state index contributed by atoms with van der Waals surface area (Å²) in [5, 5.41) is 9.93. The van der Waals surface area contributed by atoms with Crippen molar-refractivity contribution in [2.45, 2.75) is 64.1 Å². The minimum absolute atomic E-state index is 0.0114. The third-order valence-corrected chi connectivity index (χ3v) is 7.82. The lowest BCUT2D eigenvalue weighted by Gasteiger charge is -2.54. The number of carbonyl (C=O) groups excluding carboxylic acids is 1. The third kappa shape index (κ3) is 2.49. The predicted molar refractivity (Wildman–Crippen MR) is 90.3 cm³/mol. The first-order valence-corrected chi connectivity index (χ1v) is 9.64. The van der Waals surface area contributed by atoms with Crippen molar-refractivity contribution in [3.8, 4) is 0 Å². The number of fused-ring (bicyclic) bond motifs is 5. The van der Waals surface area contributed by atoms with Crippen LogP contribution in [0, 0.1) is 35.0 Å². The SMILES string of the molecule is COC(=O)O[C@H]1CC[C@H]2[C@@H]3CC[C@H]4C[C@@H](O)C=C[C@@H]4[C@H]3CC[C@]12C. The van der Waals surface area contributed by atoms with Crippen molar-refractivity contribution in [1.29, 1.82) is 0 Å². The van der Waals surface area contributed by atoms with Gasteiger partial charge in [-0.15, -0.1) is 0 Å². The monoisotopic (exact) mass is 334 g/mol. The Bertz CT molecular complexity index is 530. The molecule has 0 aromatic rings. The fraction of sp³-hybridized carbons (Fsp3) is 0.850. The maximum Gasteiger partial charge on any atom is 0.508 e. The summed E-state index contributed by atoms with van der Waals surface area (Å²) in [6, 6.07) is 0. The van der Waals surface area contributed by atoms with E-state index in [4.69, 9.17) is 9.47 Å². The summed E-state index contributed by atoms with van der Waals surface area (Å²) in [5.41, 5.74) is 0.111. The van der Waals surface area contributed by atoms with Gasteiger partial charge in [0.1, 0.15) is 6.10 Å². The van der Waals surface area contributed by atoms with Crippen LogP contribution in [0.2, 0.25) is 0 Å². The maximum atomic E-state index is 11.6. The van der Waals surface area contributed by atoms with E-state index in [1.807, 2.05) is 6.08 Å². The second-order valence-electron chi connectivity index (χ2n) is 8.72.